The topological polar surface area (TPSA) is 109 Å². The van der Waals surface area contributed by atoms with E-state index in [0.29, 0.717) is 23.5 Å². The van der Waals surface area contributed by atoms with Gasteiger partial charge in [-0.3, -0.25) is 4.79 Å². The lowest BCUT2D eigenvalue weighted by Crippen LogP contribution is -2.12. The molecule has 0 saturated heterocycles. The fourth-order valence-corrected chi connectivity index (χ4v) is 4.08. The highest BCUT2D eigenvalue weighted by Crippen LogP contribution is 2.19. The molecule has 0 saturated carbocycles. The number of benzene rings is 2. The summed E-state index contributed by atoms with van der Waals surface area (Å²) in [6.07, 6.45) is 4.49. The van der Waals surface area contributed by atoms with E-state index in [1.165, 1.54) is 0 Å². The van der Waals surface area contributed by atoms with Gasteiger partial charge in [0.25, 0.3) is 5.91 Å². The molecule has 34 heavy (non-hydrogen) atoms. The zero-order valence-electron chi connectivity index (χ0n) is 18.5. The Morgan fingerprint density at radius 1 is 1.06 bits per heavy atom. The van der Waals surface area contributed by atoms with Gasteiger partial charge in [0.1, 0.15) is 23.5 Å². The van der Waals surface area contributed by atoms with Crippen LogP contribution in [0, 0.1) is 11.3 Å². The minimum Gasteiger partial charge on any atom is -0.365 e. The van der Waals surface area contributed by atoms with Gasteiger partial charge in [0.05, 0.1) is 5.56 Å². The number of fused-ring (bicyclic) bond motifs is 1. The Morgan fingerprint density at radius 2 is 1.94 bits per heavy atom. The lowest BCUT2D eigenvalue weighted by molar-refractivity contribution is 0.102. The molecule has 0 bridgehead atoms. The minimum absolute atomic E-state index is 0.180. The number of rotatable bonds is 7. The molecule has 168 valence electrons. The lowest BCUT2D eigenvalue weighted by atomic mass is 10.1. The summed E-state index contributed by atoms with van der Waals surface area (Å²) in [5.41, 5.74) is 3.81. The van der Waals surface area contributed by atoms with Crippen molar-refractivity contribution in [2.45, 2.75) is 32.4 Å². The molecular formula is C26H23N7O. The van der Waals surface area contributed by atoms with E-state index in [2.05, 4.69) is 36.5 Å². The van der Waals surface area contributed by atoms with Crippen LogP contribution in [-0.2, 0) is 25.9 Å². The summed E-state index contributed by atoms with van der Waals surface area (Å²) in [6.45, 7) is 1.44. The van der Waals surface area contributed by atoms with E-state index in [0.717, 1.165) is 54.3 Å². The van der Waals surface area contributed by atoms with Crippen LogP contribution >= 0.6 is 0 Å². The fraction of sp³-hybridized carbons (Fsp3) is 0.192. The number of nitriles is 1. The SMILES string of the molecule is N#Cc1cccnc1NCc1cccc(C(=O)Nc2ccc(Cc3nnc4n3CCC4)cc2)c1. The van der Waals surface area contributed by atoms with Crippen LogP contribution in [0.15, 0.2) is 66.9 Å². The molecule has 5 rings (SSSR count). The van der Waals surface area contributed by atoms with Crippen LogP contribution in [0.4, 0.5) is 11.5 Å². The zero-order valence-corrected chi connectivity index (χ0v) is 18.5. The molecule has 1 aliphatic rings. The van der Waals surface area contributed by atoms with E-state index in [-0.39, 0.29) is 5.91 Å². The summed E-state index contributed by atoms with van der Waals surface area (Å²) < 4.78 is 2.20. The Hall–Kier alpha value is -4.51. The van der Waals surface area contributed by atoms with Gasteiger partial charge in [-0.25, -0.2) is 4.98 Å². The Kier molecular flexibility index (Phi) is 5.99. The monoisotopic (exact) mass is 449 g/mol. The highest BCUT2D eigenvalue weighted by molar-refractivity contribution is 6.04. The van der Waals surface area contributed by atoms with Crippen LogP contribution in [0.25, 0.3) is 0 Å². The van der Waals surface area contributed by atoms with E-state index < -0.39 is 0 Å². The Bertz CT molecular complexity index is 1370. The second-order valence-electron chi connectivity index (χ2n) is 8.18. The zero-order chi connectivity index (χ0) is 23.3. The van der Waals surface area contributed by atoms with Gasteiger partial charge in [0.2, 0.25) is 0 Å². The summed E-state index contributed by atoms with van der Waals surface area (Å²) in [6, 6.07) is 20.8. The van der Waals surface area contributed by atoms with E-state index >= 15 is 0 Å². The molecule has 0 atom stereocenters. The summed E-state index contributed by atoms with van der Waals surface area (Å²) in [5, 5.41) is 23.9. The van der Waals surface area contributed by atoms with Crippen molar-refractivity contribution in [2.75, 3.05) is 10.6 Å². The van der Waals surface area contributed by atoms with Crippen LogP contribution in [0.2, 0.25) is 0 Å². The maximum atomic E-state index is 12.8. The Balaban J connectivity index is 1.21. The molecule has 4 aromatic rings. The van der Waals surface area contributed by atoms with Crippen LogP contribution in [0.3, 0.4) is 0 Å². The molecule has 8 heteroatoms. The number of nitrogens with one attached hydrogen (secondary N) is 2. The number of nitrogens with zero attached hydrogens (tertiary/aromatic N) is 5. The molecule has 0 aliphatic carbocycles. The smallest absolute Gasteiger partial charge is 0.255 e. The average molecular weight is 450 g/mol. The maximum Gasteiger partial charge on any atom is 0.255 e. The van der Waals surface area contributed by atoms with Crippen molar-refractivity contribution < 1.29 is 4.79 Å². The summed E-state index contributed by atoms with van der Waals surface area (Å²) in [5.74, 6) is 2.40. The largest absolute Gasteiger partial charge is 0.365 e. The molecule has 8 nitrogen and oxygen atoms in total. The van der Waals surface area contributed by atoms with Gasteiger partial charge in [0, 0.05) is 43.4 Å². The van der Waals surface area contributed by atoms with Gasteiger partial charge in [-0.2, -0.15) is 5.26 Å². The number of carbonyl (C=O) groups is 1. The molecule has 2 aromatic heterocycles. The number of hydrogen-bond donors (Lipinski definition) is 2. The maximum absolute atomic E-state index is 12.8. The summed E-state index contributed by atoms with van der Waals surface area (Å²) in [7, 11) is 0. The van der Waals surface area contributed by atoms with Gasteiger partial charge in [-0.1, -0.05) is 24.3 Å². The van der Waals surface area contributed by atoms with Crippen LogP contribution < -0.4 is 10.6 Å². The highest BCUT2D eigenvalue weighted by Gasteiger charge is 2.17. The number of carbonyl (C=O) groups excluding carboxylic acids is 1. The number of anilines is 2. The van der Waals surface area contributed by atoms with Gasteiger partial charge >= 0.3 is 0 Å². The molecule has 2 N–H and O–H groups in total. The third-order valence-electron chi connectivity index (χ3n) is 5.84. The van der Waals surface area contributed by atoms with E-state index in [1.807, 2.05) is 42.5 Å². The number of aromatic nitrogens is 4. The van der Waals surface area contributed by atoms with Crippen molar-refractivity contribution >= 4 is 17.4 Å². The van der Waals surface area contributed by atoms with Crippen molar-refractivity contribution in [3.8, 4) is 6.07 Å². The third-order valence-corrected chi connectivity index (χ3v) is 5.84. The van der Waals surface area contributed by atoms with Gasteiger partial charge < -0.3 is 15.2 Å². The van der Waals surface area contributed by atoms with E-state index in [9.17, 15) is 10.1 Å². The molecule has 3 heterocycles. The van der Waals surface area contributed by atoms with Crippen molar-refractivity contribution in [3.63, 3.8) is 0 Å². The summed E-state index contributed by atoms with van der Waals surface area (Å²) in [4.78, 5) is 17.0. The molecule has 1 amide bonds. The quantitative estimate of drug-likeness (QED) is 0.442. The van der Waals surface area contributed by atoms with E-state index in [4.69, 9.17) is 0 Å². The predicted molar refractivity (Wildman–Crippen MR) is 128 cm³/mol. The average Bonchev–Trinajstić information content (AvgIpc) is 3.49. The van der Waals surface area contributed by atoms with Crippen LogP contribution in [0.1, 0.15) is 45.1 Å². The molecule has 0 spiro atoms. The van der Waals surface area contributed by atoms with Crippen molar-refractivity contribution in [1.29, 1.82) is 5.26 Å². The third kappa shape index (κ3) is 4.64. The number of aryl methyl sites for hydroxylation is 1. The van der Waals surface area contributed by atoms with Crippen LogP contribution in [-0.4, -0.2) is 25.7 Å². The van der Waals surface area contributed by atoms with E-state index in [1.54, 1.807) is 24.4 Å². The van der Waals surface area contributed by atoms with Gasteiger partial charge in [-0.05, 0) is 53.9 Å². The van der Waals surface area contributed by atoms with Gasteiger partial charge in [0.15, 0.2) is 0 Å². The Morgan fingerprint density at radius 3 is 2.79 bits per heavy atom. The summed E-state index contributed by atoms with van der Waals surface area (Å²) >= 11 is 0. The van der Waals surface area contributed by atoms with Gasteiger partial charge in [-0.15, -0.1) is 10.2 Å². The minimum atomic E-state index is -0.180. The first-order chi connectivity index (χ1) is 16.7. The predicted octanol–water partition coefficient (Wildman–Crippen LogP) is 3.95. The fourth-order valence-electron chi connectivity index (χ4n) is 4.08. The molecule has 0 radical (unpaired) electrons. The molecule has 2 aromatic carbocycles. The molecule has 0 unspecified atom stereocenters. The van der Waals surface area contributed by atoms with Crippen molar-refractivity contribution in [3.05, 3.63) is 101 Å². The first-order valence-electron chi connectivity index (χ1n) is 11.2. The first-order valence-corrected chi connectivity index (χ1v) is 11.2. The van der Waals surface area contributed by atoms with Crippen LogP contribution in [0.5, 0.6) is 0 Å². The standard InChI is InChI=1S/C26H23N7O/c27-16-21-6-2-12-28-25(21)29-17-19-4-1-5-20(14-19)26(34)30-22-10-8-18(9-11-22)15-24-32-31-23-7-3-13-33(23)24/h1-2,4-6,8-12,14H,3,7,13,15,17H2,(H,28,29)(H,30,34). The number of amides is 1. The molecular weight excluding hydrogens is 426 g/mol. The molecule has 1 aliphatic heterocycles. The van der Waals surface area contributed by atoms with Crippen molar-refractivity contribution in [2.24, 2.45) is 0 Å². The second kappa shape index (κ2) is 9.55. The first kappa shape index (κ1) is 21.3. The number of hydrogen-bond acceptors (Lipinski definition) is 6. The Labute approximate surface area is 197 Å². The second-order valence-corrected chi connectivity index (χ2v) is 8.18. The normalized spacial score (nSPS) is 12.1. The lowest BCUT2D eigenvalue weighted by Gasteiger charge is -2.10. The highest BCUT2D eigenvalue weighted by atomic mass is 16.1. The van der Waals surface area contributed by atoms with Crippen molar-refractivity contribution in [1.82, 2.24) is 19.7 Å². The number of pyridine rings is 1. The molecule has 0 fully saturated rings.